The monoisotopic (exact) mass is 446 g/mol. The van der Waals surface area contributed by atoms with Crippen molar-refractivity contribution in [1.82, 2.24) is 4.57 Å². The number of hydrogen-bond acceptors (Lipinski definition) is 4. The predicted molar refractivity (Wildman–Crippen MR) is 114 cm³/mol. The van der Waals surface area contributed by atoms with E-state index >= 15 is 0 Å². The molecule has 4 rings (SSSR count). The molecule has 0 unspecified atom stereocenters. The molecule has 0 spiro atoms. The first-order valence-corrected chi connectivity index (χ1v) is 11.5. The second-order valence-electron chi connectivity index (χ2n) is 7.53. The highest BCUT2D eigenvalue weighted by Crippen LogP contribution is 2.40. The van der Waals surface area contributed by atoms with Gasteiger partial charge in [-0.05, 0) is 55.2 Å². The summed E-state index contributed by atoms with van der Waals surface area (Å²) in [5.41, 5.74) is 2.98. The minimum absolute atomic E-state index is 0.0753. The van der Waals surface area contributed by atoms with Crippen LogP contribution in [0, 0.1) is 11.6 Å². The summed E-state index contributed by atoms with van der Waals surface area (Å²) < 4.78 is 60.6. The van der Waals surface area contributed by atoms with Crippen LogP contribution >= 0.6 is 0 Å². The van der Waals surface area contributed by atoms with Gasteiger partial charge in [-0.3, -0.25) is 9.52 Å². The fourth-order valence-electron chi connectivity index (χ4n) is 3.84. The second-order valence-corrected chi connectivity index (χ2v) is 9.28. The molecule has 1 aliphatic carbocycles. The van der Waals surface area contributed by atoms with Crippen molar-refractivity contribution >= 4 is 15.7 Å². The minimum atomic E-state index is -3.53. The number of anilines is 1. The zero-order chi connectivity index (χ0) is 22.3. The van der Waals surface area contributed by atoms with Crippen molar-refractivity contribution in [2.45, 2.75) is 19.3 Å². The number of pyridine rings is 1. The lowest BCUT2D eigenvalue weighted by Gasteiger charge is -2.17. The van der Waals surface area contributed by atoms with E-state index in [0.29, 0.717) is 35.2 Å². The number of rotatable bonds is 5. The molecule has 2 aromatic carbocycles. The van der Waals surface area contributed by atoms with E-state index in [1.807, 2.05) is 0 Å². The third-order valence-electron chi connectivity index (χ3n) is 5.13. The quantitative estimate of drug-likeness (QED) is 0.643. The highest BCUT2D eigenvalue weighted by Gasteiger charge is 2.23. The fraction of sp³-hybridized carbons (Fsp3) is 0.227. The molecular formula is C22H20F2N2O4S. The zero-order valence-electron chi connectivity index (χ0n) is 16.9. The van der Waals surface area contributed by atoms with Gasteiger partial charge < -0.3 is 9.30 Å². The first-order valence-electron chi connectivity index (χ1n) is 9.59. The van der Waals surface area contributed by atoms with Crippen LogP contribution in [-0.4, -0.2) is 19.2 Å². The average Bonchev–Trinajstić information content (AvgIpc) is 3.17. The molecule has 3 aromatic rings. The molecule has 0 radical (unpaired) electrons. The Morgan fingerprint density at radius 3 is 2.42 bits per heavy atom. The first kappa shape index (κ1) is 21.0. The van der Waals surface area contributed by atoms with Gasteiger partial charge in [0.1, 0.15) is 11.6 Å². The Kier molecular flexibility index (Phi) is 5.30. The van der Waals surface area contributed by atoms with Gasteiger partial charge >= 0.3 is 0 Å². The van der Waals surface area contributed by atoms with E-state index < -0.39 is 21.7 Å². The Morgan fingerprint density at radius 2 is 1.71 bits per heavy atom. The maximum absolute atomic E-state index is 14.2. The molecule has 162 valence electrons. The molecule has 9 heteroatoms. The first-order chi connectivity index (χ1) is 14.6. The van der Waals surface area contributed by atoms with Gasteiger partial charge in [0, 0.05) is 41.7 Å². The Morgan fingerprint density at radius 1 is 1.00 bits per heavy atom. The highest BCUT2D eigenvalue weighted by atomic mass is 32.2. The van der Waals surface area contributed by atoms with Crippen molar-refractivity contribution in [3.05, 3.63) is 75.7 Å². The summed E-state index contributed by atoms with van der Waals surface area (Å²) in [5, 5.41) is 0. The van der Waals surface area contributed by atoms with E-state index in [1.54, 1.807) is 19.3 Å². The normalized spacial score (nSPS) is 13.2. The number of nitrogens with one attached hydrogen (secondary N) is 1. The summed E-state index contributed by atoms with van der Waals surface area (Å²) in [7, 11) is -1.89. The van der Waals surface area contributed by atoms with Crippen molar-refractivity contribution in [3.63, 3.8) is 0 Å². The number of nitrogens with zero attached hydrogens (tertiary/aromatic N) is 1. The molecule has 1 N–H and O–H groups in total. The van der Waals surface area contributed by atoms with E-state index in [1.165, 1.54) is 22.8 Å². The van der Waals surface area contributed by atoms with Gasteiger partial charge in [-0.15, -0.1) is 0 Å². The molecule has 31 heavy (non-hydrogen) atoms. The van der Waals surface area contributed by atoms with Crippen LogP contribution in [0.3, 0.4) is 0 Å². The van der Waals surface area contributed by atoms with Gasteiger partial charge in [0.05, 0.1) is 6.26 Å². The highest BCUT2D eigenvalue weighted by molar-refractivity contribution is 7.92. The van der Waals surface area contributed by atoms with Gasteiger partial charge in [0.15, 0.2) is 11.6 Å². The van der Waals surface area contributed by atoms with Gasteiger partial charge in [-0.1, -0.05) is 0 Å². The summed E-state index contributed by atoms with van der Waals surface area (Å²) in [6.07, 6.45) is 4.87. The lowest BCUT2D eigenvalue weighted by atomic mass is 9.98. The van der Waals surface area contributed by atoms with Crippen LogP contribution in [0.1, 0.15) is 17.5 Å². The van der Waals surface area contributed by atoms with Crippen molar-refractivity contribution in [2.75, 3.05) is 11.0 Å². The van der Waals surface area contributed by atoms with Crippen molar-refractivity contribution < 1.29 is 21.9 Å². The van der Waals surface area contributed by atoms with Crippen LogP contribution < -0.4 is 15.0 Å². The molecule has 1 aromatic heterocycles. The van der Waals surface area contributed by atoms with Crippen molar-refractivity contribution in [3.8, 4) is 22.6 Å². The third kappa shape index (κ3) is 4.32. The number of ether oxygens (including phenoxy) is 1. The van der Waals surface area contributed by atoms with Crippen molar-refractivity contribution in [2.24, 2.45) is 7.05 Å². The van der Waals surface area contributed by atoms with Crippen LogP contribution in [0.15, 0.2) is 47.4 Å². The van der Waals surface area contributed by atoms with E-state index in [9.17, 15) is 22.0 Å². The van der Waals surface area contributed by atoms with E-state index in [2.05, 4.69) is 4.72 Å². The van der Waals surface area contributed by atoms with E-state index in [4.69, 9.17) is 4.74 Å². The third-order valence-corrected chi connectivity index (χ3v) is 5.74. The molecule has 6 nitrogen and oxygen atoms in total. The van der Waals surface area contributed by atoms with Gasteiger partial charge in [-0.25, -0.2) is 17.2 Å². The second kappa shape index (κ2) is 7.81. The average molecular weight is 446 g/mol. The minimum Gasteiger partial charge on any atom is -0.454 e. The number of benzene rings is 2. The smallest absolute Gasteiger partial charge is 0.253 e. The summed E-state index contributed by atoms with van der Waals surface area (Å²) >= 11 is 0. The number of aryl methyl sites for hydroxylation is 1. The molecule has 0 atom stereocenters. The predicted octanol–water partition coefficient (Wildman–Crippen LogP) is 3.98. The van der Waals surface area contributed by atoms with E-state index in [0.717, 1.165) is 30.4 Å². The molecular weight excluding hydrogens is 426 g/mol. The summed E-state index contributed by atoms with van der Waals surface area (Å²) in [6, 6.07) is 7.57. The molecule has 0 saturated carbocycles. The number of halogens is 2. The molecule has 0 amide bonds. The number of sulfonamides is 1. The fourth-order valence-corrected chi connectivity index (χ4v) is 4.39. The SMILES string of the molecule is Cn1cc(-c2cc(NS(C)(=O)=O)ccc2Oc2ccc(F)cc2F)c2c(c1=O)CCC2. The zero-order valence-corrected chi connectivity index (χ0v) is 17.7. The van der Waals surface area contributed by atoms with Crippen LogP contribution in [-0.2, 0) is 29.9 Å². The summed E-state index contributed by atoms with van der Waals surface area (Å²) in [4.78, 5) is 12.5. The molecule has 0 aliphatic heterocycles. The lowest BCUT2D eigenvalue weighted by molar-refractivity contribution is 0.439. The molecule has 0 saturated heterocycles. The molecule has 0 fully saturated rings. The topological polar surface area (TPSA) is 77.4 Å². The largest absolute Gasteiger partial charge is 0.454 e. The summed E-state index contributed by atoms with van der Waals surface area (Å²) in [5.74, 6) is -1.52. The Hall–Kier alpha value is -3.20. The Labute approximate surface area is 178 Å². The standard InChI is InChI=1S/C22H20F2N2O4S/c1-26-12-18(15-4-3-5-16(15)22(26)27)17-11-14(25-31(2,28)29)7-9-20(17)30-21-8-6-13(23)10-19(21)24/h6-12,25H,3-5H2,1-2H3. The van der Waals surface area contributed by atoms with Gasteiger partial charge in [0.25, 0.3) is 5.56 Å². The number of aromatic nitrogens is 1. The lowest BCUT2D eigenvalue weighted by Crippen LogP contribution is -2.21. The molecule has 1 heterocycles. The van der Waals surface area contributed by atoms with Crippen LogP contribution in [0.4, 0.5) is 14.5 Å². The van der Waals surface area contributed by atoms with Gasteiger partial charge in [0.2, 0.25) is 10.0 Å². The Balaban J connectivity index is 1.90. The Bertz CT molecular complexity index is 1350. The van der Waals surface area contributed by atoms with Crippen molar-refractivity contribution in [1.29, 1.82) is 0 Å². The summed E-state index contributed by atoms with van der Waals surface area (Å²) in [6.45, 7) is 0. The maximum atomic E-state index is 14.2. The van der Waals surface area contributed by atoms with Crippen LogP contribution in [0.5, 0.6) is 11.5 Å². The number of fused-ring (bicyclic) bond motifs is 1. The van der Waals surface area contributed by atoms with E-state index in [-0.39, 0.29) is 17.1 Å². The van der Waals surface area contributed by atoms with Crippen LogP contribution in [0.2, 0.25) is 0 Å². The van der Waals surface area contributed by atoms with Gasteiger partial charge in [-0.2, -0.15) is 0 Å². The molecule has 0 bridgehead atoms. The molecule has 1 aliphatic rings. The number of hydrogen-bond donors (Lipinski definition) is 1. The maximum Gasteiger partial charge on any atom is 0.253 e. The van der Waals surface area contributed by atoms with Crippen LogP contribution in [0.25, 0.3) is 11.1 Å².